The average molecular weight is 623 g/mol. The first-order chi connectivity index (χ1) is 20.9. The first kappa shape index (κ1) is 32.3. The van der Waals surface area contributed by atoms with Crippen molar-refractivity contribution in [3.05, 3.63) is 47.4 Å². The highest BCUT2D eigenvalue weighted by Gasteiger charge is 2.51. The maximum absolute atomic E-state index is 14.3. The molecule has 2 saturated heterocycles. The molecule has 0 radical (unpaired) electrons. The predicted molar refractivity (Wildman–Crippen MR) is 173 cm³/mol. The molecule has 1 aromatic carbocycles. The van der Waals surface area contributed by atoms with Crippen LogP contribution in [-0.2, 0) is 19.2 Å². The van der Waals surface area contributed by atoms with Gasteiger partial charge >= 0.3 is 0 Å². The molecule has 0 saturated carbocycles. The van der Waals surface area contributed by atoms with Crippen LogP contribution in [0.5, 0.6) is 0 Å². The average Bonchev–Trinajstić information content (AvgIpc) is 3.40. The Labute approximate surface area is 264 Å². The number of hydrogen-bond donors (Lipinski definition) is 1. The molecule has 0 bridgehead atoms. The summed E-state index contributed by atoms with van der Waals surface area (Å²) in [5.41, 5.74) is 6.35. The van der Waals surface area contributed by atoms with Crippen molar-refractivity contribution >= 4 is 45.4 Å². The fraction of sp³-hybridized carbons (Fsp3) is 0.576. The van der Waals surface area contributed by atoms with Gasteiger partial charge in [0.25, 0.3) is 11.8 Å². The van der Waals surface area contributed by atoms with E-state index in [1.54, 1.807) is 22.1 Å². The van der Waals surface area contributed by atoms with Crippen molar-refractivity contribution in [1.82, 2.24) is 24.7 Å². The molecule has 2 atom stereocenters. The van der Waals surface area contributed by atoms with Crippen LogP contribution in [0.4, 0.5) is 0 Å². The Morgan fingerprint density at radius 3 is 2.55 bits per heavy atom. The number of hydroxylamine groups is 2. The minimum Gasteiger partial charge on any atom is -0.330 e. The molecule has 0 aliphatic carbocycles. The zero-order valence-corrected chi connectivity index (χ0v) is 27.4. The van der Waals surface area contributed by atoms with Crippen molar-refractivity contribution < 1.29 is 19.2 Å². The quantitative estimate of drug-likeness (QED) is 0.408. The second-order valence-corrected chi connectivity index (χ2v) is 14.7. The first-order valence-electron chi connectivity index (χ1n) is 15.8. The van der Waals surface area contributed by atoms with Gasteiger partial charge in [0, 0.05) is 25.2 Å². The molecule has 10 nitrogen and oxygen atoms in total. The minimum atomic E-state index is -0.875. The number of piperidine rings is 1. The van der Waals surface area contributed by atoms with Gasteiger partial charge in [-0.15, -0.1) is 11.3 Å². The van der Waals surface area contributed by atoms with Crippen molar-refractivity contribution in [2.24, 2.45) is 17.1 Å². The fourth-order valence-corrected chi connectivity index (χ4v) is 7.05. The smallest absolute Gasteiger partial charge is 0.276 e. The summed E-state index contributed by atoms with van der Waals surface area (Å²) in [6.07, 6.45) is 7.36. The van der Waals surface area contributed by atoms with Gasteiger partial charge in [0.2, 0.25) is 5.91 Å². The second kappa shape index (κ2) is 13.5. The number of para-hydroxylation sites is 1. The monoisotopic (exact) mass is 622 g/mol. The number of hydrogen-bond acceptors (Lipinski definition) is 8. The molecular formula is C33H46N6O4S. The Kier molecular flexibility index (Phi) is 9.89. The fourth-order valence-electron chi connectivity index (χ4n) is 6.18. The minimum absolute atomic E-state index is 0.0347. The third-order valence-corrected chi connectivity index (χ3v) is 9.31. The van der Waals surface area contributed by atoms with E-state index in [9.17, 15) is 14.4 Å². The normalized spacial score (nSPS) is 22.4. The van der Waals surface area contributed by atoms with Gasteiger partial charge in [-0.1, -0.05) is 46.8 Å². The van der Waals surface area contributed by atoms with Crippen molar-refractivity contribution in [3.8, 4) is 0 Å². The number of amides is 3. The summed E-state index contributed by atoms with van der Waals surface area (Å²) in [5, 5.41) is 1.92. The highest BCUT2D eigenvalue weighted by atomic mass is 32.1. The van der Waals surface area contributed by atoms with Gasteiger partial charge in [-0.05, 0) is 74.7 Å². The summed E-state index contributed by atoms with van der Waals surface area (Å²) < 4.78 is 1.03. The molecule has 44 heavy (non-hydrogen) atoms. The van der Waals surface area contributed by atoms with E-state index in [0.717, 1.165) is 49.1 Å². The van der Waals surface area contributed by atoms with Gasteiger partial charge in [-0.3, -0.25) is 24.1 Å². The number of nitrogens with zero attached hydrogens (tertiary/aromatic N) is 5. The van der Waals surface area contributed by atoms with E-state index in [1.165, 1.54) is 22.5 Å². The van der Waals surface area contributed by atoms with E-state index in [0.29, 0.717) is 30.2 Å². The Balaban J connectivity index is 1.49. The number of carbonyl (C=O) groups excluding carboxylic acids is 3. The van der Waals surface area contributed by atoms with Crippen LogP contribution in [-0.4, -0.2) is 86.8 Å². The third-order valence-electron chi connectivity index (χ3n) is 8.31. The number of carbonyl (C=O) groups is 3. The maximum atomic E-state index is 14.3. The molecule has 3 amide bonds. The number of nitrogens with two attached hydrogens (primary N) is 1. The lowest BCUT2D eigenvalue weighted by Crippen LogP contribution is -2.65. The molecular weight excluding hydrogens is 576 g/mol. The van der Waals surface area contributed by atoms with E-state index in [1.807, 2.05) is 38.1 Å². The van der Waals surface area contributed by atoms with Gasteiger partial charge in [0.15, 0.2) is 11.9 Å². The number of benzene rings is 1. The predicted octanol–water partition coefficient (Wildman–Crippen LogP) is 4.59. The molecule has 2 aromatic rings. The standard InChI is InChI=1S/C33H46N6O4S/c1-22(2)19-26-32(42)38-25(20-33(3,4)5)31(41)37(23-13-17-36(18-14-23)16-8-15-34)21-29(38)39(43-26)30(40)12-11-28-35-24-9-6-7-10-27(24)44-28/h6-7,9-12,21-23,25-26H,8,13-20,34H2,1-5H3/b12-11+/t25-,26+/m0/s1. The van der Waals surface area contributed by atoms with Crippen LogP contribution in [0.15, 0.2) is 42.4 Å². The number of fused-ring (bicyclic) bond motifs is 2. The molecule has 0 unspecified atom stereocenters. The van der Waals surface area contributed by atoms with Gasteiger partial charge in [0.1, 0.15) is 11.0 Å². The lowest BCUT2D eigenvalue weighted by atomic mass is 9.85. The van der Waals surface area contributed by atoms with Crippen molar-refractivity contribution in [3.63, 3.8) is 0 Å². The highest BCUT2D eigenvalue weighted by molar-refractivity contribution is 7.19. The molecule has 2 fully saturated rings. The zero-order chi connectivity index (χ0) is 31.6. The Morgan fingerprint density at radius 2 is 1.89 bits per heavy atom. The molecule has 238 valence electrons. The van der Waals surface area contributed by atoms with Crippen molar-refractivity contribution in [1.29, 1.82) is 0 Å². The Hall–Kier alpha value is -3.12. The molecule has 1 aromatic heterocycles. The van der Waals surface area contributed by atoms with Crippen LogP contribution in [0.1, 0.15) is 71.7 Å². The van der Waals surface area contributed by atoms with Gasteiger partial charge < -0.3 is 15.5 Å². The molecule has 0 spiro atoms. The van der Waals surface area contributed by atoms with Crippen LogP contribution in [0.3, 0.4) is 0 Å². The van der Waals surface area contributed by atoms with E-state index < -0.39 is 18.1 Å². The molecule has 3 aliphatic heterocycles. The topological polar surface area (TPSA) is 112 Å². The van der Waals surface area contributed by atoms with Crippen molar-refractivity contribution in [2.45, 2.75) is 84.9 Å². The summed E-state index contributed by atoms with van der Waals surface area (Å²) in [4.78, 5) is 58.7. The van der Waals surface area contributed by atoms with Crippen molar-refractivity contribution in [2.75, 3.05) is 26.2 Å². The van der Waals surface area contributed by atoms with Crippen LogP contribution < -0.4 is 5.73 Å². The van der Waals surface area contributed by atoms with Gasteiger partial charge in [-0.2, -0.15) is 5.06 Å². The summed E-state index contributed by atoms with van der Waals surface area (Å²) in [6, 6.07) is 7.06. The summed E-state index contributed by atoms with van der Waals surface area (Å²) >= 11 is 1.50. The lowest BCUT2D eigenvalue weighted by molar-refractivity contribution is -0.226. The van der Waals surface area contributed by atoms with E-state index in [2.05, 4.69) is 30.7 Å². The summed E-state index contributed by atoms with van der Waals surface area (Å²) in [6.45, 7) is 13.6. The number of aromatic nitrogens is 1. The maximum Gasteiger partial charge on any atom is 0.276 e. The number of likely N-dealkylation sites (tertiary alicyclic amines) is 1. The van der Waals surface area contributed by atoms with Crippen LogP contribution in [0, 0.1) is 11.3 Å². The third kappa shape index (κ3) is 7.22. The van der Waals surface area contributed by atoms with E-state index in [4.69, 9.17) is 10.6 Å². The number of rotatable bonds is 9. The molecule has 5 rings (SSSR count). The Bertz CT molecular complexity index is 1390. The SMILES string of the molecule is CC(C)C[C@H]1ON(C(=O)/C=C/c2nc3ccccc3s2)C2=CN(C3CCN(CCCN)CC3)C(=O)[C@H](CC(C)(C)C)N2C1=O. The largest absolute Gasteiger partial charge is 0.330 e. The molecule has 2 N–H and O–H groups in total. The molecule has 11 heteroatoms. The van der Waals surface area contributed by atoms with Gasteiger partial charge in [0.05, 0.1) is 16.4 Å². The van der Waals surface area contributed by atoms with E-state index >= 15 is 0 Å². The molecule has 4 heterocycles. The first-order valence-corrected chi connectivity index (χ1v) is 16.6. The Morgan fingerprint density at radius 1 is 1.16 bits per heavy atom. The van der Waals surface area contributed by atoms with Gasteiger partial charge in [-0.25, -0.2) is 4.98 Å². The zero-order valence-electron chi connectivity index (χ0n) is 26.6. The van der Waals surface area contributed by atoms with Crippen LogP contribution in [0.25, 0.3) is 16.3 Å². The second-order valence-electron chi connectivity index (χ2n) is 13.6. The van der Waals surface area contributed by atoms with E-state index in [-0.39, 0.29) is 29.2 Å². The summed E-state index contributed by atoms with van der Waals surface area (Å²) in [5.74, 6) is -0.356. The lowest BCUT2D eigenvalue weighted by Gasteiger charge is -2.50. The van der Waals surface area contributed by atoms with Crippen LogP contribution in [0.2, 0.25) is 0 Å². The number of thiazole rings is 1. The summed E-state index contributed by atoms with van der Waals surface area (Å²) in [7, 11) is 0. The van der Waals surface area contributed by atoms with Crippen LogP contribution >= 0.6 is 11.3 Å². The highest BCUT2D eigenvalue weighted by Crippen LogP contribution is 2.37. The molecule has 3 aliphatic rings.